The number of carbonyl (C=O) groups is 2. The van der Waals surface area contributed by atoms with E-state index in [2.05, 4.69) is 15.9 Å². The van der Waals surface area contributed by atoms with Gasteiger partial charge in [0.15, 0.2) is 11.5 Å². The summed E-state index contributed by atoms with van der Waals surface area (Å²) in [6.45, 7) is 3.24. The van der Waals surface area contributed by atoms with Crippen LogP contribution < -0.4 is 9.47 Å². The van der Waals surface area contributed by atoms with E-state index in [9.17, 15) is 9.59 Å². The molecule has 7 heteroatoms. The zero-order chi connectivity index (χ0) is 18.4. The molecule has 0 bridgehead atoms. The van der Waals surface area contributed by atoms with E-state index in [1.165, 1.54) is 0 Å². The van der Waals surface area contributed by atoms with E-state index < -0.39 is 0 Å². The van der Waals surface area contributed by atoms with Gasteiger partial charge in [-0.15, -0.1) is 0 Å². The average Bonchev–Trinajstić information content (AvgIpc) is 2.63. The second-order valence-corrected chi connectivity index (χ2v) is 6.76. The summed E-state index contributed by atoms with van der Waals surface area (Å²) >= 11 is 3.48. The molecule has 25 heavy (non-hydrogen) atoms. The van der Waals surface area contributed by atoms with Crippen LogP contribution >= 0.6 is 15.9 Å². The summed E-state index contributed by atoms with van der Waals surface area (Å²) in [6.07, 6.45) is 1.81. The van der Waals surface area contributed by atoms with Gasteiger partial charge in [-0.05, 0) is 37.5 Å². The van der Waals surface area contributed by atoms with E-state index in [0.29, 0.717) is 31.2 Å². The van der Waals surface area contributed by atoms with Crippen LogP contribution in [0.2, 0.25) is 0 Å². The van der Waals surface area contributed by atoms with Gasteiger partial charge in [0.25, 0.3) is 0 Å². The van der Waals surface area contributed by atoms with Gasteiger partial charge in [0.1, 0.15) is 0 Å². The number of rotatable bonds is 6. The minimum absolute atomic E-state index is 0.0121. The van der Waals surface area contributed by atoms with E-state index in [-0.39, 0.29) is 24.2 Å². The van der Waals surface area contributed by atoms with Crippen molar-refractivity contribution < 1.29 is 23.8 Å². The minimum Gasteiger partial charge on any atom is -0.493 e. The van der Waals surface area contributed by atoms with E-state index in [0.717, 1.165) is 22.9 Å². The molecule has 138 valence electrons. The summed E-state index contributed by atoms with van der Waals surface area (Å²) < 4.78 is 16.4. The molecule has 1 aliphatic heterocycles. The van der Waals surface area contributed by atoms with Gasteiger partial charge in [0.05, 0.1) is 33.2 Å². The molecule has 1 amide bonds. The number of methoxy groups -OCH3 is 2. The number of nitrogens with zero attached hydrogens (tertiary/aromatic N) is 1. The van der Waals surface area contributed by atoms with E-state index >= 15 is 0 Å². The van der Waals surface area contributed by atoms with Crippen LogP contribution in [0.25, 0.3) is 0 Å². The number of piperidine rings is 1. The Kier molecular flexibility index (Phi) is 7.11. The molecule has 0 N–H and O–H groups in total. The largest absolute Gasteiger partial charge is 0.493 e. The third-order valence-electron chi connectivity index (χ3n) is 4.29. The number of esters is 1. The fourth-order valence-electron chi connectivity index (χ4n) is 2.96. The molecule has 1 fully saturated rings. The third-order valence-corrected chi connectivity index (χ3v) is 5.03. The third kappa shape index (κ3) is 4.87. The summed E-state index contributed by atoms with van der Waals surface area (Å²) in [7, 11) is 3.13. The normalized spacial score (nSPS) is 17.1. The second-order valence-electron chi connectivity index (χ2n) is 5.91. The van der Waals surface area contributed by atoms with Crippen molar-refractivity contribution in [2.45, 2.75) is 26.2 Å². The van der Waals surface area contributed by atoms with Crippen LogP contribution in [0, 0.1) is 5.92 Å². The lowest BCUT2D eigenvalue weighted by molar-refractivity contribution is -0.151. The summed E-state index contributed by atoms with van der Waals surface area (Å²) in [6, 6.07) is 3.59. The molecule has 0 unspecified atom stereocenters. The Morgan fingerprint density at radius 1 is 1.24 bits per heavy atom. The second kappa shape index (κ2) is 9.08. The van der Waals surface area contributed by atoms with Gasteiger partial charge in [0.2, 0.25) is 5.91 Å². The van der Waals surface area contributed by atoms with Crippen molar-refractivity contribution in [3.8, 4) is 11.5 Å². The molecule has 1 saturated heterocycles. The molecule has 0 aliphatic carbocycles. The number of benzene rings is 1. The zero-order valence-corrected chi connectivity index (χ0v) is 16.4. The Balaban J connectivity index is 2.07. The van der Waals surface area contributed by atoms with Crippen LogP contribution in [0.3, 0.4) is 0 Å². The molecule has 1 atom stereocenters. The number of amides is 1. The van der Waals surface area contributed by atoms with Crippen molar-refractivity contribution in [2.24, 2.45) is 5.92 Å². The molecular weight excluding hydrogens is 390 g/mol. The first kappa shape index (κ1) is 19.6. The summed E-state index contributed by atoms with van der Waals surface area (Å²) in [5.74, 6) is 0.725. The van der Waals surface area contributed by atoms with E-state index in [1.807, 2.05) is 0 Å². The first-order valence-electron chi connectivity index (χ1n) is 8.34. The van der Waals surface area contributed by atoms with Crippen LogP contribution in [0.5, 0.6) is 11.5 Å². The van der Waals surface area contributed by atoms with Crippen molar-refractivity contribution in [1.82, 2.24) is 4.90 Å². The lowest BCUT2D eigenvalue weighted by Crippen LogP contribution is -2.43. The number of hydrogen-bond donors (Lipinski definition) is 0. The molecule has 2 rings (SSSR count). The molecule has 6 nitrogen and oxygen atoms in total. The first-order valence-corrected chi connectivity index (χ1v) is 9.14. The van der Waals surface area contributed by atoms with Gasteiger partial charge in [-0.1, -0.05) is 15.9 Å². The lowest BCUT2D eigenvalue weighted by atomic mass is 9.97. The fourth-order valence-corrected chi connectivity index (χ4v) is 3.43. The predicted molar refractivity (Wildman–Crippen MR) is 96.9 cm³/mol. The highest BCUT2D eigenvalue weighted by atomic mass is 79.9. The van der Waals surface area contributed by atoms with Crippen molar-refractivity contribution in [3.63, 3.8) is 0 Å². The molecular formula is C18H24BrNO5. The standard InChI is InChI=1S/C18H24BrNO5/c1-4-25-18(22)12-6-5-7-20(11-12)17(21)9-13-8-15(23-2)16(24-3)10-14(13)19/h8,10,12H,4-7,9,11H2,1-3H3/t12-/m0/s1. The minimum atomic E-state index is -0.230. The van der Waals surface area contributed by atoms with Crippen LogP contribution in [-0.4, -0.2) is 50.7 Å². The Labute approximate surface area is 156 Å². The van der Waals surface area contributed by atoms with Gasteiger partial charge in [-0.25, -0.2) is 0 Å². The van der Waals surface area contributed by atoms with E-state index in [1.54, 1.807) is 38.2 Å². The number of likely N-dealkylation sites (tertiary alicyclic amines) is 1. The van der Waals surface area contributed by atoms with Gasteiger partial charge in [-0.2, -0.15) is 0 Å². The molecule has 1 aliphatic rings. The first-order chi connectivity index (χ1) is 12.0. The highest BCUT2D eigenvalue weighted by Gasteiger charge is 2.29. The Morgan fingerprint density at radius 3 is 2.56 bits per heavy atom. The van der Waals surface area contributed by atoms with Gasteiger partial charge in [0, 0.05) is 17.6 Å². The quantitative estimate of drug-likeness (QED) is 0.670. The molecule has 1 aromatic carbocycles. The number of hydrogen-bond acceptors (Lipinski definition) is 5. The molecule has 1 heterocycles. The molecule has 0 radical (unpaired) electrons. The summed E-state index contributed by atoms with van der Waals surface area (Å²) in [5.41, 5.74) is 0.820. The topological polar surface area (TPSA) is 65.1 Å². The molecule has 0 saturated carbocycles. The van der Waals surface area contributed by atoms with Gasteiger partial charge < -0.3 is 19.1 Å². The average molecular weight is 414 g/mol. The SMILES string of the molecule is CCOC(=O)[C@H]1CCCN(C(=O)Cc2cc(OC)c(OC)cc2Br)C1. The smallest absolute Gasteiger partial charge is 0.310 e. The highest BCUT2D eigenvalue weighted by molar-refractivity contribution is 9.10. The number of carbonyl (C=O) groups excluding carboxylic acids is 2. The molecule has 1 aromatic rings. The van der Waals surface area contributed by atoms with Crippen molar-refractivity contribution in [2.75, 3.05) is 33.9 Å². The maximum absolute atomic E-state index is 12.7. The van der Waals surface area contributed by atoms with Crippen LogP contribution in [0.4, 0.5) is 0 Å². The number of halogens is 1. The van der Waals surface area contributed by atoms with Gasteiger partial charge in [-0.3, -0.25) is 9.59 Å². The summed E-state index contributed by atoms with van der Waals surface area (Å²) in [5, 5.41) is 0. The Hall–Kier alpha value is -1.76. The van der Waals surface area contributed by atoms with E-state index in [4.69, 9.17) is 14.2 Å². The van der Waals surface area contributed by atoms with Crippen LogP contribution in [0.1, 0.15) is 25.3 Å². The Morgan fingerprint density at radius 2 is 1.92 bits per heavy atom. The monoisotopic (exact) mass is 413 g/mol. The van der Waals surface area contributed by atoms with Crippen LogP contribution in [-0.2, 0) is 20.7 Å². The van der Waals surface area contributed by atoms with Crippen molar-refractivity contribution in [3.05, 3.63) is 22.2 Å². The Bertz CT molecular complexity index is 634. The predicted octanol–water partition coefficient (Wildman–Crippen LogP) is 2.81. The fraction of sp³-hybridized carbons (Fsp3) is 0.556. The maximum Gasteiger partial charge on any atom is 0.310 e. The zero-order valence-electron chi connectivity index (χ0n) is 14.8. The van der Waals surface area contributed by atoms with Crippen molar-refractivity contribution >= 4 is 27.8 Å². The lowest BCUT2D eigenvalue weighted by Gasteiger charge is -2.31. The summed E-state index contributed by atoms with van der Waals surface area (Å²) in [4.78, 5) is 26.4. The molecule has 0 aromatic heterocycles. The highest BCUT2D eigenvalue weighted by Crippen LogP contribution is 2.33. The van der Waals surface area contributed by atoms with Crippen LogP contribution in [0.15, 0.2) is 16.6 Å². The number of ether oxygens (including phenoxy) is 3. The van der Waals surface area contributed by atoms with Gasteiger partial charge >= 0.3 is 5.97 Å². The molecule has 0 spiro atoms. The maximum atomic E-state index is 12.7. The van der Waals surface area contributed by atoms with Crippen molar-refractivity contribution in [1.29, 1.82) is 0 Å².